The highest BCUT2D eigenvalue weighted by Crippen LogP contribution is 2.32. The van der Waals surface area contributed by atoms with Gasteiger partial charge in [0.15, 0.2) is 0 Å². The van der Waals surface area contributed by atoms with Gasteiger partial charge >= 0.3 is 24.8 Å². The molecule has 12 N–H and O–H groups in total. The molecule has 6 rings (SSSR count). The Hall–Kier alpha value is -8.96. The summed E-state index contributed by atoms with van der Waals surface area (Å²) in [6, 6.07) is 20.9. The molecule has 0 bridgehead atoms. The molecule has 344 valence electrons. The van der Waals surface area contributed by atoms with Gasteiger partial charge in [0.05, 0.1) is 11.1 Å². The number of ether oxygens (including phenoxy) is 2. The van der Waals surface area contributed by atoms with E-state index >= 15 is 0 Å². The van der Waals surface area contributed by atoms with Gasteiger partial charge in [0.2, 0.25) is 11.8 Å². The highest BCUT2D eigenvalue weighted by atomic mass is 19.4. The van der Waals surface area contributed by atoms with Crippen LogP contribution in [-0.2, 0) is 9.59 Å². The first-order valence-corrected chi connectivity index (χ1v) is 18.7. The number of anilines is 6. The van der Waals surface area contributed by atoms with Crippen LogP contribution >= 0.6 is 0 Å². The van der Waals surface area contributed by atoms with Crippen molar-refractivity contribution in [1.82, 2.24) is 9.97 Å². The zero-order valence-electron chi connectivity index (χ0n) is 34.1. The van der Waals surface area contributed by atoms with Crippen LogP contribution in [0.5, 0.6) is 11.5 Å². The molecular weight excluding hydrogens is 887 g/mol. The molecule has 0 fully saturated rings. The van der Waals surface area contributed by atoms with Crippen molar-refractivity contribution in [2.24, 2.45) is 11.5 Å². The number of H-pyrrole nitrogens is 2. The predicted octanol–water partition coefficient (Wildman–Crippen LogP) is 8.56. The number of carbonyl (C=O) groups excluding carboxylic acids is 6. The van der Waals surface area contributed by atoms with Crippen LogP contribution in [0.4, 0.5) is 70.3 Å². The van der Waals surface area contributed by atoms with Crippen LogP contribution in [0.3, 0.4) is 0 Å². The fraction of sp³-hybridized carbons (Fsp3) is 0.0952. The van der Waals surface area contributed by atoms with Gasteiger partial charge in [-0.15, -0.1) is 26.3 Å². The molecular formula is C42H36F6N10O8. The van der Waals surface area contributed by atoms with Gasteiger partial charge in [-0.2, -0.15) is 0 Å². The molecule has 24 heteroatoms. The molecule has 66 heavy (non-hydrogen) atoms. The maximum Gasteiger partial charge on any atom is 0.573 e. The topological polar surface area (TPSA) is 277 Å². The minimum Gasteiger partial charge on any atom is -0.406 e. The average Bonchev–Trinajstić information content (AvgIpc) is 3.83. The van der Waals surface area contributed by atoms with Crippen molar-refractivity contribution in [2.75, 3.05) is 31.9 Å². The number of hydrogen-bond donors (Lipinski definition) is 10. The fourth-order valence-electron chi connectivity index (χ4n) is 5.90. The van der Waals surface area contributed by atoms with Crippen molar-refractivity contribution in [3.8, 4) is 33.8 Å². The number of primary amides is 2. The van der Waals surface area contributed by atoms with Crippen molar-refractivity contribution in [2.45, 2.75) is 26.6 Å². The molecule has 8 amide bonds. The largest absolute Gasteiger partial charge is 0.573 e. The summed E-state index contributed by atoms with van der Waals surface area (Å²) < 4.78 is 80.7. The zero-order chi connectivity index (χ0) is 48.3. The number of hydrogen-bond acceptors (Lipinski definition) is 8. The van der Waals surface area contributed by atoms with Crippen LogP contribution in [-0.4, -0.2) is 58.4 Å². The van der Waals surface area contributed by atoms with E-state index in [1.807, 2.05) is 0 Å². The number of halogens is 6. The number of nitrogens with two attached hydrogens (primary N) is 2. The number of aromatic nitrogens is 2. The first kappa shape index (κ1) is 48.1. The number of aromatic amines is 2. The van der Waals surface area contributed by atoms with Crippen molar-refractivity contribution in [3.63, 3.8) is 0 Å². The van der Waals surface area contributed by atoms with E-state index in [0.29, 0.717) is 33.6 Å². The Bertz CT molecular complexity index is 2530. The van der Waals surface area contributed by atoms with E-state index in [4.69, 9.17) is 11.5 Å². The van der Waals surface area contributed by atoms with Gasteiger partial charge < -0.3 is 62.8 Å². The average molecular weight is 923 g/mol. The molecule has 0 radical (unpaired) electrons. The second kappa shape index (κ2) is 20.5. The Morgan fingerprint density at radius 2 is 0.727 bits per heavy atom. The molecule has 0 atom stereocenters. The molecule has 6 aromatic rings. The lowest BCUT2D eigenvalue weighted by atomic mass is 10.0. The maximum absolute atomic E-state index is 12.2. The third-order valence-corrected chi connectivity index (χ3v) is 8.45. The number of urea groups is 2. The second-order valence-corrected chi connectivity index (χ2v) is 13.5. The monoisotopic (exact) mass is 922 g/mol. The molecule has 0 aliphatic carbocycles. The first-order valence-electron chi connectivity index (χ1n) is 18.7. The number of nitrogens with one attached hydrogen (secondary N) is 8. The van der Waals surface area contributed by atoms with E-state index < -0.39 is 48.1 Å². The molecule has 0 unspecified atom stereocenters. The molecule has 0 aliphatic heterocycles. The minimum atomic E-state index is -4.80. The number of alkyl halides is 6. The summed E-state index contributed by atoms with van der Waals surface area (Å²) in [4.78, 5) is 76.2. The van der Waals surface area contributed by atoms with E-state index in [2.05, 4.69) is 51.3 Å². The highest BCUT2D eigenvalue weighted by Gasteiger charge is 2.32. The lowest BCUT2D eigenvalue weighted by molar-refractivity contribution is -0.275. The van der Waals surface area contributed by atoms with Crippen LogP contribution in [0.1, 0.15) is 34.6 Å². The molecule has 0 spiro atoms. The van der Waals surface area contributed by atoms with Crippen LogP contribution < -0.4 is 52.8 Å². The highest BCUT2D eigenvalue weighted by molar-refractivity contribution is 6.09. The molecule has 2 aromatic heterocycles. The predicted molar refractivity (Wildman–Crippen MR) is 230 cm³/mol. The van der Waals surface area contributed by atoms with Gasteiger partial charge in [-0.05, 0) is 83.9 Å². The lowest BCUT2D eigenvalue weighted by Crippen LogP contribution is -2.19. The Morgan fingerprint density at radius 3 is 0.970 bits per heavy atom. The summed E-state index contributed by atoms with van der Waals surface area (Å²) in [7, 11) is 0. The summed E-state index contributed by atoms with van der Waals surface area (Å²) in [5.41, 5.74) is 14.6. The molecule has 0 saturated heterocycles. The maximum atomic E-state index is 12.2. The lowest BCUT2D eigenvalue weighted by Gasteiger charge is -2.11. The Balaban J connectivity index is 0.000000247. The Kier molecular flexibility index (Phi) is 14.9. The molecule has 18 nitrogen and oxygen atoms in total. The van der Waals surface area contributed by atoms with Crippen molar-refractivity contribution in [1.29, 1.82) is 0 Å². The number of amides is 8. The molecule has 0 saturated carbocycles. The standard InChI is InChI=1S/2C21H18F3N5O4/c2*1-11(30)27-19-17(18(25)31)16(10-26-19)12-2-4-13(5-3-12)28-20(32)29-14-6-8-15(9-7-14)33-21(22,23)24/h2*2-10,26H,1H3,(H2,25,31)(H,27,30)(H2,28,29,32). The third-order valence-electron chi connectivity index (χ3n) is 8.45. The Labute approximate surface area is 368 Å². The van der Waals surface area contributed by atoms with E-state index in [1.54, 1.807) is 48.5 Å². The Morgan fingerprint density at radius 1 is 0.455 bits per heavy atom. The number of benzene rings is 4. The van der Waals surface area contributed by atoms with Crippen molar-refractivity contribution >= 4 is 70.1 Å². The zero-order valence-corrected chi connectivity index (χ0v) is 34.1. The summed E-state index contributed by atoms with van der Waals surface area (Å²) in [5.74, 6) is -2.68. The van der Waals surface area contributed by atoms with Crippen LogP contribution in [0.25, 0.3) is 22.3 Å². The van der Waals surface area contributed by atoms with Crippen LogP contribution in [0.15, 0.2) is 109 Å². The molecule has 0 aliphatic rings. The molecule has 4 aromatic carbocycles. The summed E-state index contributed by atoms with van der Waals surface area (Å²) in [5, 5.41) is 15.1. The van der Waals surface area contributed by atoms with Gasteiger partial charge in [-0.3, -0.25) is 19.2 Å². The van der Waals surface area contributed by atoms with Gasteiger partial charge in [-0.25, -0.2) is 9.59 Å². The van der Waals surface area contributed by atoms with Gasteiger partial charge in [0.1, 0.15) is 23.1 Å². The van der Waals surface area contributed by atoms with Crippen LogP contribution in [0.2, 0.25) is 0 Å². The van der Waals surface area contributed by atoms with E-state index in [-0.39, 0.29) is 46.0 Å². The smallest absolute Gasteiger partial charge is 0.406 e. The van der Waals surface area contributed by atoms with Gasteiger partial charge in [0.25, 0.3) is 11.8 Å². The normalized spacial score (nSPS) is 10.9. The van der Waals surface area contributed by atoms with E-state index in [0.717, 1.165) is 24.3 Å². The number of carbonyl (C=O) groups is 6. The minimum absolute atomic E-state index is 0.113. The van der Waals surface area contributed by atoms with E-state index in [9.17, 15) is 55.1 Å². The summed E-state index contributed by atoms with van der Waals surface area (Å²) in [6.07, 6.45) is -6.56. The fourth-order valence-corrected chi connectivity index (χ4v) is 5.90. The van der Waals surface area contributed by atoms with Gasteiger partial charge in [-0.1, -0.05) is 24.3 Å². The number of rotatable bonds is 12. The van der Waals surface area contributed by atoms with Crippen molar-refractivity contribution < 1.29 is 64.6 Å². The van der Waals surface area contributed by atoms with Crippen molar-refractivity contribution in [3.05, 3.63) is 121 Å². The summed E-state index contributed by atoms with van der Waals surface area (Å²) >= 11 is 0. The first-order chi connectivity index (χ1) is 31.0. The van der Waals surface area contributed by atoms with Gasteiger partial charge in [0, 0.05) is 60.1 Å². The quantitative estimate of drug-likeness (QED) is 0.0530. The second-order valence-electron chi connectivity index (χ2n) is 13.5. The summed E-state index contributed by atoms with van der Waals surface area (Å²) in [6.45, 7) is 2.59. The third kappa shape index (κ3) is 14.0. The van der Waals surface area contributed by atoms with Crippen LogP contribution in [0, 0.1) is 0 Å². The van der Waals surface area contributed by atoms with E-state index in [1.165, 1.54) is 50.5 Å². The molecule has 2 heterocycles. The SMILES string of the molecule is CC(=O)Nc1[nH]cc(-c2ccc(NC(=O)Nc3ccc(OC(F)(F)F)cc3)cc2)c1C(N)=O.CC(=O)Nc1[nH]cc(-c2ccc(NC(=O)Nc3ccc(OC(F)(F)F)cc3)cc2)c1C(N)=O.